The minimum absolute atomic E-state index is 0.463. The quantitative estimate of drug-likeness (QED) is 0.782. The highest BCUT2D eigenvalue weighted by atomic mass is 15.2. The lowest BCUT2D eigenvalue weighted by Gasteiger charge is -2.41. The standard InChI is InChI=1S/C13H21N3/c1-3-5-13(2)6-4-9-16(11-13)12-10-14-7-8-15-12/h7-8,10H,3-6,9,11H2,1-2H3. The number of aromatic nitrogens is 2. The predicted octanol–water partition coefficient (Wildman–Crippen LogP) is 2.88. The molecule has 16 heavy (non-hydrogen) atoms. The largest absolute Gasteiger partial charge is 0.355 e. The van der Waals surface area contributed by atoms with E-state index in [2.05, 4.69) is 28.7 Å². The average Bonchev–Trinajstić information content (AvgIpc) is 2.30. The van der Waals surface area contributed by atoms with Gasteiger partial charge in [0.1, 0.15) is 5.82 Å². The molecule has 2 heterocycles. The zero-order valence-corrected chi connectivity index (χ0v) is 10.3. The van der Waals surface area contributed by atoms with Gasteiger partial charge >= 0.3 is 0 Å². The van der Waals surface area contributed by atoms with Gasteiger partial charge in [0, 0.05) is 25.5 Å². The van der Waals surface area contributed by atoms with Crippen LogP contribution in [-0.2, 0) is 0 Å². The van der Waals surface area contributed by atoms with Crippen LogP contribution in [-0.4, -0.2) is 23.1 Å². The van der Waals surface area contributed by atoms with E-state index in [4.69, 9.17) is 0 Å². The van der Waals surface area contributed by atoms with Crippen LogP contribution in [0.1, 0.15) is 39.5 Å². The molecular weight excluding hydrogens is 198 g/mol. The van der Waals surface area contributed by atoms with Gasteiger partial charge < -0.3 is 4.90 Å². The van der Waals surface area contributed by atoms with Gasteiger partial charge in [-0.15, -0.1) is 0 Å². The summed E-state index contributed by atoms with van der Waals surface area (Å²) in [7, 11) is 0. The van der Waals surface area contributed by atoms with Gasteiger partial charge in [-0.25, -0.2) is 4.98 Å². The molecule has 1 aliphatic heterocycles. The number of piperidine rings is 1. The third-order valence-corrected chi connectivity index (χ3v) is 3.51. The molecule has 0 N–H and O–H groups in total. The fourth-order valence-corrected chi connectivity index (χ4v) is 2.77. The van der Waals surface area contributed by atoms with E-state index in [1.54, 1.807) is 12.4 Å². The summed E-state index contributed by atoms with van der Waals surface area (Å²) in [4.78, 5) is 10.9. The van der Waals surface area contributed by atoms with Gasteiger partial charge in [-0.1, -0.05) is 20.3 Å². The van der Waals surface area contributed by atoms with Crippen LogP contribution < -0.4 is 4.90 Å². The first-order valence-electron chi connectivity index (χ1n) is 6.24. The van der Waals surface area contributed by atoms with Gasteiger partial charge in [-0.05, 0) is 24.7 Å². The molecule has 2 rings (SSSR count). The topological polar surface area (TPSA) is 29.0 Å². The smallest absolute Gasteiger partial charge is 0.147 e. The lowest BCUT2D eigenvalue weighted by molar-refractivity contribution is 0.238. The summed E-state index contributed by atoms with van der Waals surface area (Å²) in [6.45, 7) is 6.92. The molecule has 1 aliphatic rings. The molecule has 1 aromatic rings. The summed E-state index contributed by atoms with van der Waals surface area (Å²) in [6, 6.07) is 0. The summed E-state index contributed by atoms with van der Waals surface area (Å²) in [5.41, 5.74) is 0.463. The van der Waals surface area contributed by atoms with Crippen molar-refractivity contribution in [1.29, 1.82) is 0 Å². The molecule has 0 spiro atoms. The van der Waals surface area contributed by atoms with Gasteiger partial charge in [0.05, 0.1) is 6.20 Å². The number of anilines is 1. The Morgan fingerprint density at radius 3 is 3.00 bits per heavy atom. The van der Waals surface area contributed by atoms with E-state index in [1.807, 2.05) is 6.20 Å². The number of hydrogen-bond donors (Lipinski definition) is 0. The highest BCUT2D eigenvalue weighted by Crippen LogP contribution is 2.35. The molecule has 1 atom stereocenters. The van der Waals surface area contributed by atoms with Crippen LogP contribution in [0.15, 0.2) is 18.6 Å². The van der Waals surface area contributed by atoms with Gasteiger partial charge in [-0.2, -0.15) is 0 Å². The maximum atomic E-state index is 4.39. The molecule has 0 radical (unpaired) electrons. The summed E-state index contributed by atoms with van der Waals surface area (Å²) >= 11 is 0. The SMILES string of the molecule is CCCC1(C)CCCN(c2cnccn2)C1. The second kappa shape index (κ2) is 4.81. The maximum absolute atomic E-state index is 4.39. The highest BCUT2D eigenvalue weighted by molar-refractivity contribution is 5.36. The fraction of sp³-hybridized carbons (Fsp3) is 0.692. The molecular formula is C13H21N3. The Labute approximate surface area is 97.9 Å². The van der Waals surface area contributed by atoms with Crippen LogP contribution in [0.2, 0.25) is 0 Å². The first kappa shape index (κ1) is 11.4. The summed E-state index contributed by atoms with van der Waals surface area (Å²) in [6.07, 6.45) is 10.6. The van der Waals surface area contributed by atoms with E-state index in [-0.39, 0.29) is 0 Å². The second-order valence-corrected chi connectivity index (χ2v) is 5.15. The van der Waals surface area contributed by atoms with Crippen molar-refractivity contribution < 1.29 is 0 Å². The Morgan fingerprint density at radius 1 is 1.44 bits per heavy atom. The number of nitrogens with zero attached hydrogens (tertiary/aromatic N) is 3. The van der Waals surface area contributed by atoms with Crippen LogP contribution in [0.3, 0.4) is 0 Å². The van der Waals surface area contributed by atoms with E-state index >= 15 is 0 Å². The van der Waals surface area contributed by atoms with Crippen molar-refractivity contribution in [3.05, 3.63) is 18.6 Å². The molecule has 0 aromatic carbocycles. The third kappa shape index (κ3) is 2.52. The van der Waals surface area contributed by atoms with Crippen LogP contribution >= 0.6 is 0 Å². The summed E-state index contributed by atoms with van der Waals surface area (Å²) in [5.74, 6) is 1.03. The van der Waals surface area contributed by atoms with Gasteiger partial charge in [-0.3, -0.25) is 4.98 Å². The van der Waals surface area contributed by atoms with Crippen molar-refractivity contribution in [2.45, 2.75) is 39.5 Å². The van der Waals surface area contributed by atoms with Crippen molar-refractivity contribution in [3.63, 3.8) is 0 Å². The number of rotatable bonds is 3. The molecule has 1 unspecified atom stereocenters. The predicted molar refractivity (Wildman–Crippen MR) is 66.5 cm³/mol. The fourth-order valence-electron chi connectivity index (χ4n) is 2.77. The normalized spacial score (nSPS) is 25.8. The van der Waals surface area contributed by atoms with Crippen LogP contribution in [0, 0.1) is 5.41 Å². The molecule has 0 amide bonds. The van der Waals surface area contributed by atoms with E-state index < -0.39 is 0 Å². The Kier molecular flexibility index (Phi) is 3.42. The lowest BCUT2D eigenvalue weighted by Crippen LogP contribution is -2.42. The third-order valence-electron chi connectivity index (χ3n) is 3.51. The van der Waals surface area contributed by atoms with Gasteiger partial charge in [0.15, 0.2) is 0 Å². The molecule has 3 heteroatoms. The van der Waals surface area contributed by atoms with Crippen molar-refractivity contribution in [2.24, 2.45) is 5.41 Å². The van der Waals surface area contributed by atoms with Crippen LogP contribution in [0.5, 0.6) is 0 Å². The molecule has 1 aromatic heterocycles. The summed E-state index contributed by atoms with van der Waals surface area (Å²) < 4.78 is 0. The Morgan fingerprint density at radius 2 is 2.31 bits per heavy atom. The van der Waals surface area contributed by atoms with E-state index in [1.165, 1.54) is 25.7 Å². The molecule has 88 valence electrons. The lowest BCUT2D eigenvalue weighted by atomic mass is 9.78. The van der Waals surface area contributed by atoms with E-state index in [0.29, 0.717) is 5.41 Å². The molecule has 1 fully saturated rings. The van der Waals surface area contributed by atoms with Gasteiger partial charge in [0.25, 0.3) is 0 Å². The second-order valence-electron chi connectivity index (χ2n) is 5.15. The molecule has 1 saturated heterocycles. The first-order chi connectivity index (χ1) is 7.73. The maximum Gasteiger partial charge on any atom is 0.147 e. The van der Waals surface area contributed by atoms with Crippen molar-refractivity contribution in [3.8, 4) is 0 Å². The van der Waals surface area contributed by atoms with Crippen molar-refractivity contribution >= 4 is 5.82 Å². The zero-order chi connectivity index (χ0) is 11.4. The molecule has 0 aliphatic carbocycles. The zero-order valence-electron chi connectivity index (χ0n) is 10.3. The first-order valence-corrected chi connectivity index (χ1v) is 6.24. The monoisotopic (exact) mass is 219 g/mol. The van der Waals surface area contributed by atoms with E-state index in [9.17, 15) is 0 Å². The molecule has 0 bridgehead atoms. The average molecular weight is 219 g/mol. The minimum atomic E-state index is 0.463. The minimum Gasteiger partial charge on any atom is -0.355 e. The van der Waals surface area contributed by atoms with E-state index in [0.717, 1.165) is 18.9 Å². The van der Waals surface area contributed by atoms with Crippen LogP contribution in [0.4, 0.5) is 5.82 Å². The van der Waals surface area contributed by atoms with Gasteiger partial charge in [0.2, 0.25) is 0 Å². The summed E-state index contributed by atoms with van der Waals surface area (Å²) in [5, 5.41) is 0. The Hall–Kier alpha value is -1.12. The Bertz CT molecular complexity index is 321. The Balaban J connectivity index is 2.07. The molecule has 3 nitrogen and oxygen atoms in total. The van der Waals surface area contributed by atoms with Crippen molar-refractivity contribution in [1.82, 2.24) is 9.97 Å². The number of hydrogen-bond acceptors (Lipinski definition) is 3. The molecule has 0 saturated carbocycles. The van der Waals surface area contributed by atoms with Crippen molar-refractivity contribution in [2.75, 3.05) is 18.0 Å². The van der Waals surface area contributed by atoms with Crippen LogP contribution in [0.25, 0.3) is 0 Å². The highest BCUT2D eigenvalue weighted by Gasteiger charge is 2.30.